The molecular formula is C28H32N2O3. The lowest BCUT2D eigenvalue weighted by atomic mass is 9.64. The van der Waals surface area contributed by atoms with Crippen molar-refractivity contribution in [1.82, 2.24) is 4.90 Å². The van der Waals surface area contributed by atoms with E-state index in [-0.39, 0.29) is 29.7 Å². The topological polar surface area (TPSA) is 75.8 Å². The van der Waals surface area contributed by atoms with Gasteiger partial charge in [0.1, 0.15) is 23.0 Å². The summed E-state index contributed by atoms with van der Waals surface area (Å²) in [5.41, 5.74) is 7.11. The van der Waals surface area contributed by atoms with Gasteiger partial charge in [0.15, 0.2) is 0 Å². The van der Waals surface area contributed by atoms with E-state index in [0.29, 0.717) is 5.75 Å². The van der Waals surface area contributed by atoms with Crippen LogP contribution in [0.15, 0.2) is 84.9 Å². The van der Waals surface area contributed by atoms with Gasteiger partial charge in [-0.1, -0.05) is 73.7 Å². The second-order valence-corrected chi connectivity index (χ2v) is 9.08. The van der Waals surface area contributed by atoms with Gasteiger partial charge in [-0.3, -0.25) is 9.69 Å². The van der Waals surface area contributed by atoms with Gasteiger partial charge in [0.25, 0.3) is 0 Å². The highest BCUT2D eigenvalue weighted by Gasteiger charge is 2.46. The van der Waals surface area contributed by atoms with Crippen molar-refractivity contribution in [3.05, 3.63) is 96.1 Å². The van der Waals surface area contributed by atoms with Crippen LogP contribution in [0.2, 0.25) is 0 Å². The summed E-state index contributed by atoms with van der Waals surface area (Å²) in [6, 6.07) is 26.9. The van der Waals surface area contributed by atoms with E-state index < -0.39 is 5.41 Å². The second kappa shape index (κ2) is 9.67. The maximum Gasteiger partial charge on any atom is 0.232 e. The van der Waals surface area contributed by atoms with Crippen LogP contribution in [0.1, 0.15) is 31.4 Å². The number of benzene rings is 3. The molecule has 1 saturated heterocycles. The van der Waals surface area contributed by atoms with Gasteiger partial charge in [-0.05, 0) is 42.5 Å². The van der Waals surface area contributed by atoms with E-state index in [2.05, 4.69) is 18.7 Å². The molecule has 1 fully saturated rings. The number of hydrogen-bond donors (Lipinski definition) is 2. The highest BCUT2D eigenvalue weighted by molar-refractivity contribution is 5.91. The minimum atomic E-state index is -0.904. The standard InChI is InChI=1S/C28H32N2O3/c1-20(16-21(2)30-18-26(19-30)33-25-15-9-14-24(31)17-25)28(27(29)32,22-10-5-3-6-11-22)23-12-7-4-8-13-23/h3-15,17,20-21,26,31H,16,18-19H2,1-2H3,(H2,29,32). The third-order valence-corrected chi connectivity index (χ3v) is 6.90. The van der Waals surface area contributed by atoms with Crippen molar-refractivity contribution in [2.45, 2.75) is 37.8 Å². The lowest BCUT2D eigenvalue weighted by molar-refractivity contribution is -0.124. The molecule has 172 valence electrons. The van der Waals surface area contributed by atoms with Gasteiger partial charge < -0.3 is 15.6 Å². The molecule has 3 N–H and O–H groups in total. The van der Waals surface area contributed by atoms with Crippen LogP contribution >= 0.6 is 0 Å². The molecule has 0 aliphatic carbocycles. The van der Waals surface area contributed by atoms with E-state index in [1.54, 1.807) is 18.2 Å². The fraction of sp³-hybridized carbons (Fsp3) is 0.321. The van der Waals surface area contributed by atoms with Crippen LogP contribution in [0.3, 0.4) is 0 Å². The molecule has 5 heteroatoms. The zero-order chi connectivity index (χ0) is 23.4. The summed E-state index contributed by atoms with van der Waals surface area (Å²) in [7, 11) is 0. The monoisotopic (exact) mass is 444 g/mol. The number of ether oxygens (including phenoxy) is 1. The summed E-state index contributed by atoms with van der Waals surface area (Å²) >= 11 is 0. The number of rotatable bonds is 9. The number of carbonyl (C=O) groups is 1. The van der Waals surface area contributed by atoms with E-state index in [9.17, 15) is 9.90 Å². The van der Waals surface area contributed by atoms with Crippen LogP contribution in [0.4, 0.5) is 0 Å². The van der Waals surface area contributed by atoms with Crippen molar-refractivity contribution >= 4 is 5.91 Å². The normalized spacial score (nSPS) is 16.5. The first-order valence-electron chi connectivity index (χ1n) is 11.5. The maximum atomic E-state index is 13.1. The maximum absolute atomic E-state index is 13.1. The van der Waals surface area contributed by atoms with E-state index >= 15 is 0 Å². The minimum absolute atomic E-state index is 0.0131. The number of phenols is 1. The van der Waals surface area contributed by atoms with Crippen molar-refractivity contribution in [1.29, 1.82) is 0 Å². The molecular weight excluding hydrogens is 412 g/mol. The summed E-state index contributed by atoms with van der Waals surface area (Å²) in [5, 5.41) is 9.64. The Hall–Kier alpha value is -3.31. The summed E-state index contributed by atoms with van der Waals surface area (Å²) < 4.78 is 5.98. The van der Waals surface area contributed by atoms with Gasteiger partial charge in [-0.2, -0.15) is 0 Å². The molecule has 0 bridgehead atoms. The summed E-state index contributed by atoms with van der Waals surface area (Å²) in [6.45, 7) is 5.94. The zero-order valence-corrected chi connectivity index (χ0v) is 19.2. The molecule has 1 amide bonds. The second-order valence-electron chi connectivity index (χ2n) is 9.08. The molecule has 2 atom stereocenters. The molecule has 33 heavy (non-hydrogen) atoms. The number of primary amides is 1. The van der Waals surface area contributed by atoms with Crippen molar-refractivity contribution in [2.75, 3.05) is 13.1 Å². The van der Waals surface area contributed by atoms with Crippen LogP contribution in [-0.2, 0) is 10.2 Å². The molecule has 1 heterocycles. The third-order valence-electron chi connectivity index (χ3n) is 6.90. The Morgan fingerprint density at radius 2 is 1.58 bits per heavy atom. The fourth-order valence-corrected chi connectivity index (χ4v) is 5.16. The predicted octanol–water partition coefficient (Wildman–Crippen LogP) is 4.34. The van der Waals surface area contributed by atoms with Gasteiger partial charge in [0.05, 0.1) is 0 Å². The number of carbonyl (C=O) groups excluding carboxylic acids is 1. The Bertz CT molecular complexity index is 1030. The quantitative estimate of drug-likeness (QED) is 0.515. The number of nitrogens with zero attached hydrogens (tertiary/aromatic N) is 1. The molecule has 0 aromatic heterocycles. The van der Waals surface area contributed by atoms with Crippen LogP contribution in [0.5, 0.6) is 11.5 Å². The highest BCUT2D eigenvalue weighted by atomic mass is 16.5. The summed E-state index contributed by atoms with van der Waals surface area (Å²) in [5.74, 6) is 0.547. The van der Waals surface area contributed by atoms with Crippen molar-refractivity contribution in [2.24, 2.45) is 11.7 Å². The van der Waals surface area contributed by atoms with Gasteiger partial charge in [0.2, 0.25) is 5.91 Å². The lowest BCUT2D eigenvalue weighted by Gasteiger charge is -2.45. The van der Waals surface area contributed by atoms with E-state index in [0.717, 1.165) is 30.6 Å². The number of likely N-dealkylation sites (tertiary alicyclic amines) is 1. The Morgan fingerprint density at radius 1 is 1.00 bits per heavy atom. The Kier molecular flexibility index (Phi) is 6.70. The van der Waals surface area contributed by atoms with Gasteiger partial charge in [0, 0.05) is 25.2 Å². The van der Waals surface area contributed by atoms with Crippen molar-refractivity contribution < 1.29 is 14.6 Å². The SMILES string of the molecule is CC(CC(C)C(C(N)=O)(c1ccccc1)c1ccccc1)N1CC(Oc2cccc(O)c2)C1. The first kappa shape index (κ1) is 22.9. The lowest BCUT2D eigenvalue weighted by Crippen LogP contribution is -2.58. The molecule has 0 spiro atoms. The number of hydrogen-bond acceptors (Lipinski definition) is 4. The minimum Gasteiger partial charge on any atom is -0.508 e. The van der Waals surface area contributed by atoms with Crippen LogP contribution < -0.4 is 10.5 Å². The molecule has 3 aromatic rings. The van der Waals surface area contributed by atoms with Crippen LogP contribution in [0, 0.1) is 5.92 Å². The van der Waals surface area contributed by atoms with E-state index in [4.69, 9.17) is 10.5 Å². The van der Waals surface area contributed by atoms with Crippen LogP contribution in [-0.4, -0.2) is 41.1 Å². The largest absolute Gasteiger partial charge is 0.508 e. The number of aromatic hydroxyl groups is 1. The Morgan fingerprint density at radius 3 is 2.09 bits per heavy atom. The number of phenolic OH excluding ortho intramolecular Hbond substituents is 1. The van der Waals surface area contributed by atoms with E-state index in [1.165, 1.54) is 0 Å². The molecule has 4 rings (SSSR count). The van der Waals surface area contributed by atoms with E-state index in [1.807, 2.05) is 66.7 Å². The average Bonchev–Trinajstić information content (AvgIpc) is 2.77. The fourth-order valence-electron chi connectivity index (χ4n) is 5.16. The van der Waals surface area contributed by atoms with Gasteiger partial charge in [-0.15, -0.1) is 0 Å². The third kappa shape index (κ3) is 4.60. The van der Waals surface area contributed by atoms with Gasteiger partial charge in [-0.25, -0.2) is 0 Å². The van der Waals surface area contributed by atoms with Gasteiger partial charge >= 0.3 is 0 Å². The highest BCUT2D eigenvalue weighted by Crippen LogP contribution is 2.42. The summed E-state index contributed by atoms with van der Waals surface area (Å²) in [4.78, 5) is 15.5. The van der Waals surface area contributed by atoms with Crippen molar-refractivity contribution in [3.63, 3.8) is 0 Å². The number of nitrogens with two attached hydrogens (primary N) is 1. The predicted molar refractivity (Wildman–Crippen MR) is 130 cm³/mol. The van der Waals surface area contributed by atoms with Crippen molar-refractivity contribution in [3.8, 4) is 11.5 Å². The number of amides is 1. The first-order valence-corrected chi connectivity index (χ1v) is 11.5. The molecule has 0 radical (unpaired) electrons. The molecule has 1 aliphatic heterocycles. The smallest absolute Gasteiger partial charge is 0.232 e. The Balaban J connectivity index is 1.50. The summed E-state index contributed by atoms with van der Waals surface area (Å²) in [6.07, 6.45) is 0.902. The first-order chi connectivity index (χ1) is 15.9. The Labute approximate surface area is 195 Å². The molecule has 3 aromatic carbocycles. The molecule has 5 nitrogen and oxygen atoms in total. The molecule has 1 aliphatic rings. The molecule has 2 unspecified atom stereocenters. The van der Waals surface area contributed by atoms with Crippen LogP contribution in [0.25, 0.3) is 0 Å². The average molecular weight is 445 g/mol. The molecule has 0 saturated carbocycles. The zero-order valence-electron chi connectivity index (χ0n) is 19.2.